The van der Waals surface area contributed by atoms with Gasteiger partial charge in [0.25, 0.3) is 5.91 Å². The smallest absolute Gasteiger partial charge is 0.331 e. The molecule has 0 fully saturated rings. The van der Waals surface area contributed by atoms with Crippen LogP contribution in [0.25, 0.3) is 11.8 Å². The number of hydrogen-bond donors (Lipinski definition) is 1. The van der Waals surface area contributed by atoms with E-state index in [0.717, 1.165) is 33.8 Å². The van der Waals surface area contributed by atoms with E-state index in [1.54, 1.807) is 13.0 Å². The number of ether oxygens (including phenoxy) is 1. The number of benzene rings is 2. The van der Waals surface area contributed by atoms with Crippen molar-refractivity contribution >= 4 is 23.6 Å². The van der Waals surface area contributed by atoms with Crippen LogP contribution < -0.4 is 5.32 Å². The summed E-state index contributed by atoms with van der Waals surface area (Å²) in [5.74, 6) is -0.965. The van der Waals surface area contributed by atoms with E-state index in [4.69, 9.17) is 4.74 Å². The molecule has 1 unspecified atom stereocenters. The van der Waals surface area contributed by atoms with Crippen molar-refractivity contribution in [2.24, 2.45) is 0 Å². The normalized spacial score (nSPS) is 12.0. The summed E-state index contributed by atoms with van der Waals surface area (Å²) in [5.41, 5.74) is 6.26. The fourth-order valence-corrected chi connectivity index (χ4v) is 3.32. The van der Waals surface area contributed by atoms with Gasteiger partial charge in [-0.05, 0) is 64.5 Å². The number of esters is 1. The van der Waals surface area contributed by atoms with Crippen LogP contribution in [0.3, 0.4) is 0 Å². The number of para-hydroxylation sites is 1. The first-order valence-electron chi connectivity index (χ1n) is 10.1. The average molecular weight is 418 g/mol. The highest BCUT2D eigenvalue weighted by Gasteiger charge is 2.18. The number of carbonyl (C=O) groups is 2. The van der Waals surface area contributed by atoms with Gasteiger partial charge in [-0.15, -0.1) is 0 Å². The van der Waals surface area contributed by atoms with E-state index in [1.165, 1.54) is 6.08 Å². The number of hydrogen-bond acceptors (Lipinski definition) is 4. The number of amides is 1. The Labute approximate surface area is 182 Å². The summed E-state index contributed by atoms with van der Waals surface area (Å²) in [6.45, 7) is 9.29. The molecule has 2 aromatic carbocycles. The van der Waals surface area contributed by atoms with Crippen molar-refractivity contribution in [2.75, 3.05) is 5.32 Å². The maximum Gasteiger partial charge on any atom is 0.331 e. The maximum atomic E-state index is 12.4. The molecular formula is C25H27N3O3. The standard InChI is InChI=1S/C25H27N3O3/c1-16-11-13-23(17(2)15-16)26-25(30)20(5)31-24(29)14-12-22-18(3)27-28(19(22)4)21-9-7-6-8-10-21/h6-15,20H,1-5H3,(H,26,30)/b14-12+. The first-order chi connectivity index (χ1) is 14.8. The monoisotopic (exact) mass is 417 g/mol. The summed E-state index contributed by atoms with van der Waals surface area (Å²) < 4.78 is 7.11. The van der Waals surface area contributed by atoms with Crippen molar-refractivity contribution in [3.63, 3.8) is 0 Å². The van der Waals surface area contributed by atoms with Crippen LogP contribution in [-0.4, -0.2) is 27.8 Å². The molecule has 0 aliphatic rings. The SMILES string of the molecule is Cc1ccc(NC(=O)C(C)OC(=O)/C=C/c2c(C)nn(-c3ccccc3)c2C)c(C)c1. The Balaban J connectivity index is 1.65. The molecule has 1 aromatic heterocycles. The Morgan fingerprint density at radius 1 is 1.06 bits per heavy atom. The van der Waals surface area contributed by atoms with Gasteiger partial charge in [-0.2, -0.15) is 5.10 Å². The number of aryl methyl sites for hydroxylation is 3. The summed E-state index contributed by atoms with van der Waals surface area (Å²) in [6, 6.07) is 15.5. The fraction of sp³-hybridized carbons (Fsp3) is 0.240. The fourth-order valence-electron chi connectivity index (χ4n) is 3.32. The third-order valence-corrected chi connectivity index (χ3v) is 5.04. The molecule has 6 heteroatoms. The second kappa shape index (κ2) is 9.43. The zero-order valence-electron chi connectivity index (χ0n) is 18.5. The third-order valence-electron chi connectivity index (χ3n) is 5.04. The van der Waals surface area contributed by atoms with Crippen LogP contribution >= 0.6 is 0 Å². The molecule has 3 rings (SSSR count). The minimum Gasteiger partial charge on any atom is -0.449 e. The van der Waals surface area contributed by atoms with Gasteiger partial charge < -0.3 is 10.1 Å². The minimum atomic E-state index is -0.924. The van der Waals surface area contributed by atoms with E-state index in [2.05, 4.69) is 10.4 Å². The largest absolute Gasteiger partial charge is 0.449 e. The van der Waals surface area contributed by atoms with Gasteiger partial charge in [0.2, 0.25) is 0 Å². The van der Waals surface area contributed by atoms with Crippen LogP contribution in [0.4, 0.5) is 5.69 Å². The van der Waals surface area contributed by atoms with E-state index >= 15 is 0 Å². The molecular weight excluding hydrogens is 390 g/mol. The van der Waals surface area contributed by atoms with Gasteiger partial charge in [-0.1, -0.05) is 35.9 Å². The Morgan fingerprint density at radius 2 is 1.77 bits per heavy atom. The molecule has 0 saturated carbocycles. The first kappa shape index (κ1) is 22.0. The lowest BCUT2D eigenvalue weighted by Crippen LogP contribution is -2.29. The summed E-state index contributed by atoms with van der Waals surface area (Å²) in [5, 5.41) is 7.36. The summed E-state index contributed by atoms with van der Waals surface area (Å²) in [7, 11) is 0. The quantitative estimate of drug-likeness (QED) is 0.466. The molecule has 0 bridgehead atoms. The zero-order chi connectivity index (χ0) is 22.5. The predicted molar refractivity (Wildman–Crippen MR) is 122 cm³/mol. The molecule has 0 aliphatic carbocycles. The number of rotatable bonds is 6. The molecule has 0 spiro atoms. The van der Waals surface area contributed by atoms with E-state index in [1.807, 2.05) is 80.9 Å². The lowest BCUT2D eigenvalue weighted by Gasteiger charge is -2.14. The van der Waals surface area contributed by atoms with Crippen LogP contribution in [0.2, 0.25) is 0 Å². The molecule has 0 saturated heterocycles. The summed E-state index contributed by atoms with van der Waals surface area (Å²) >= 11 is 0. The Morgan fingerprint density at radius 3 is 2.45 bits per heavy atom. The summed E-state index contributed by atoms with van der Waals surface area (Å²) in [6.07, 6.45) is 2.08. The Kier molecular flexibility index (Phi) is 6.70. The molecule has 6 nitrogen and oxygen atoms in total. The van der Waals surface area contributed by atoms with Crippen LogP contribution in [0, 0.1) is 27.7 Å². The van der Waals surface area contributed by atoms with E-state index in [0.29, 0.717) is 5.69 Å². The van der Waals surface area contributed by atoms with Gasteiger partial charge in [-0.25, -0.2) is 9.48 Å². The molecule has 0 aliphatic heterocycles. The highest BCUT2D eigenvalue weighted by atomic mass is 16.5. The third kappa shape index (κ3) is 5.28. The highest BCUT2D eigenvalue weighted by molar-refractivity contribution is 5.97. The molecule has 3 aromatic rings. The van der Waals surface area contributed by atoms with Gasteiger partial charge in [0, 0.05) is 23.0 Å². The second-order valence-electron chi connectivity index (χ2n) is 7.55. The van der Waals surface area contributed by atoms with Gasteiger partial charge in [0.05, 0.1) is 11.4 Å². The van der Waals surface area contributed by atoms with Crippen LogP contribution in [0.15, 0.2) is 54.6 Å². The maximum absolute atomic E-state index is 12.4. The molecule has 160 valence electrons. The van der Waals surface area contributed by atoms with Crippen molar-refractivity contribution in [1.82, 2.24) is 9.78 Å². The number of nitrogens with one attached hydrogen (secondary N) is 1. The van der Waals surface area contributed by atoms with Crippen molar-refractivity contribution < 1.29 is 14.3 Å². The number of anilines is 1. The average Bonchev–Trinajstić information content (AvgIpc) is 3.02. The molecule has 31 heavy (non-hydrogen) atoms. The van der Waals surface area contributed by atoms with Crippen molar-refractivity contribution in [2.45, 2.75) is 40.7 Å². The van der Waals surface area contributed by atoms with E-state index in [-0.39, 0.29) is 5.91 Å². The van der Waals surface area contributed by atoms with Crippen LogP contribution in [0.1, 0.15) is 35.0 Å². The van der Waals surface area contributed by atoms with Gasteiger partial charge >= 0.3 is 5.97 Å². The summed E-state index contributed by atoms with van der Waals surface area (Å²) in [4.78, 5) is 24.7. The molecule has 1 N–H and O–H groups in total. The highest BCUT2D eigenvalue weighted by Crippen LogP contribution is 2.19. The Bertz CT molecular complexity index is 1130. The Hall–Kier alpha value is -3.67. The van der Waals surface area contributed by atoms with Crippen LogP contribution in [-0.2, 0) is 14.3 Å². The molecule has 1 amide bonds. The van der Waals surface area contributed by atoms with E-state index < -0.39 is 12.1 Å². The van der Waals surface area contributed by atoms with Crippen LogP contribution in [0.5, 0.6) is 0 Å². The number of carbonyl (C=O) groups excluding carboxylic acids is 2. The van der Waals surface area contributed by atoms with Crippen molar-refractivity contribution in [3.05, 3.63) is 82.7 Å². The molecule has 1 atom stereocenters. The minimum absolute atomic E-state index is 0.377. The predicted octanol–water partition coefficient (Wildman–Crippen LogP) is 4.69. The van der Waals surface area contributed by atoms with Gasteiger partial charge in [0.15, 0.2) is 6.10 Å². The lowest BCUT2D eigenvalue weighted by atomic mass is 10.1. The van der Waals surface area contributed by atoms with Crippen molar-refractivity contribution in [1.29, 1.82) is 0 Å². The zero-order valence-corrected chi connectivity index (χ0v) is 18.5. The number of aromatic nitrogens is 2. The van der Waals surface area contributed by atoms with Gasteiger partial charge in [-0.3, -0.25) is 4.79 Å². The van der Waals surface area contributed by atoms with Gasteiger partial charge in [0.1, 0.15) is 0 Å². The van der Waals surface area contributed by atoms with E-state index in [9.17, 15) is 9.59 Å². The van der Waals surface area contributed by atoms with Crippen molar-refractivity contribution in [3.8, 4) is 5.69 Å². The number of nitrogens with zero attached hydrogens (tertiary/aromatic N) is 2. The molecule has 1 heterocycles. The second-order valence-corrected chi connectivity index (χ2v) is 7.55. The topological polar surface area (TPSA) is 73.2 Å². The lowest BCUT2D eigenvalue weighted by molar-refractivity contribution is -0.148. The molecule has 0 radical (unpaired) electrons. The first-order valence-corrected chi connectivity index (χ1v) is 10.1.